The van der Waals surface area contributed by atoms with E-state index in [0.717, 1.165) is 0 Å². The summed E-state index contributed by atoms with van der Waals surface area (Å²) in [6.07, 6.45) is -0.0338. The maximum absolute atomic E-state index is 11.9. The van der Waals surface area contributed by atoms with Gasteiger partial charge in [0.2, 0.25) is 5.91 Å². The fourth-order valence-corrected chi connectivity index (χ4v) is 1.93. The summed E-state index contributed by atoms with van der Waals surface area (Å²) in [5.74, 6) is -1.22. The average molecular weight is 287 g/mol. The summed E-state index contributed by atoms with van der Waals surface area (Å²) in [4.78, 5) is 35.2. The molecule has 0 aliphatic carbocycles. The van der Waals surface area contributed by atoms with Crippen LogP contribution in [0.4, 0.5) is 4.79 Å². The number of hydrogen-bond donors (Lipinski definition) is 3. The molecule has 0 saturated carbocycles. The molecule has 1 rings (SSSR count). The molecule has 0 radical (unpaired) electrons. The Kier molecular flexibility index (Phi) is 6.23. The molecule has 20 heavy (non-hydrogen) atoms. The summed E-state index contributed by atoms with van der Waals surface area (Å²) < 4.78 is 5.28. The highest BCUT2D eigenvalue weighted by Gasteiger charge is 2.30. The van der Waals surface area contributed by atoms with Crippen molar-refractivity contribution in [3.63, 3.8) is 0 Å². The third kappa shape index (κ3) is 4.69. The highest BCUT2D eigenvalue weighted by Crippen LogP contribution is 2.19. The minimum atomic E-state index is -0.978. The number of rotatable bonds is 6. The number of nitrogens with zero attached hydrogens (tertiary/aromatic N) is 1. The van der Waals surface area contributed by atoms with Gasteiger partial charge < -0.3 is 25.4 Å². The van der Waals surface area contributed by atoms with Crippen molar-refractivity contribution in [2.45, 2.75) is 32.0 Å². The maximum atomic E-state index is 11.9. The molecule has 1 fully saturated rings. The van der Waals surface area contributed by atoms with Gasteiger partial charge in [-0.15, -0.1) is 0 Å². The van der Waals surface area contributed by atoms with Gasteiger partial charge in [-0.3, -0.25) is 4.79 Å². The summed E-state index contributed by atoms with van der Waals surface area (Å²) in [6.45, 7) is 2.41. The molecule has 1 aliphatic rings. The Hall–Kier alpha value is -1.83. The predicted octanol–water partition coefficient (Wildman–Crippen LogP) is -0.604. The number of carboxylic acids is 1. The topological polar surface area (TPSA) is 108 Å². The number of carbonyl (C=O) groups is 3. The number of urea groups is 1. The first kappa shape index (κ1) is 16.2. The fourth-order valence-electron chi connectivity index (χ4n) is 1.93. The fraction of sp³-hybridized carbons (Fsp3) is 0.750. The third-order valence-electron chi connectivity index (χ3n) is 3.15. The molecular weight excluding hydrogens is 266 g/mol. The van der Waals surface area contributed by atoms with Crippen molar-refractivity contribution in [3.8, 4) is 0 Å². The zero-order chi connectivity index (χ0) is 15.1. The van der Waals surface area contributed by atoms with Gasteiger partial charge >= 0.3 is 12.0 Å². The van der Waals surface area contributed by atoms with E-state index in [9.17, 15) is 14.4 Å². The van der Waals surface area contributed by atoms with E-state index < -0.39 is 12.1 Å². The van der Waals surface area contributed by atoms with Gasteiger partial charge in [0.25, 0.3) is 0 Å². The van der Waals surface area contributed by atoms with Crippen LogP contribution in [-0.2, 0) is 14.3 Å². The van der Waals surface area contributed by atoms with Gasteiger partial charge in [0.1, 0.15) is 6.54 Å². The number of nitrogens with one attached hydrogen (secondary N) is 2. The highest BCUT2D eigenvalue weighted by atomic mass is 16.5. The van der Waals surface area contributed by atoms with E-state index in [1.165, 1.54) is 11.9 Å². The second-order valence-corrected chi connectivity index (χ2v) is 4.54. The third-order valence-corrected chi connectivity index (χ3v) is 3.15. The molecule has 114 valence electrons. The van der Waals surface area contributed by atoms with Crippen LogP contribution in [0.5, 0.6) is 0 Å². The van der Waals surface area contributed by atoms with Crippen molar-refractivity contribution in [1.29, 1.82) is 0 Å². The molecule has 2 atom stereocenters. The minimum Gasteiger partial charge on any atom is -0.479 e. The number of carbonyl (C=O) groups excluding carboxylic acids is 2. The van der Waals surface area contributed by atoms with Crippen LogP contribution in [-0.4, -0.2) is 66.8 Å². The van der Waals surface area contributed by atoms with Gasteiger partial charge in [-0.1, -0.05) is 0 Å². The minimum absolute atomic E-state index is 0.0118. The molecule has 1 saturated heterocycles. The first-order chi connectivity index (χ1) is 9.47. The average Bonchev–Trinajstić information content (AvgIpc) is 2.90. The van der Waals surface area contributed by atoms with Crippen LogP contribution in [0.3, 0.4) is 0 Å². The first-order valence-electron chi connectivity index (χ1n) is 6.59. The second-order valence-electron chi connectivity index (χ2n) is 4.54. The largest absolute Gasteiger partial charge is 0.479 e. The SMILES string of the molecule is CCN(CC(=O)NC)C(=O)NCC1CCC(C(=O)O)O1. The van der Waals surface area contributed by atoms with Crippen LogP contribution in [0.15, 0.2) is 0 Å². The summed E-state index contributed by atoms with van der Waals surface area (Å²) in [6, 6.07) is -0.363. The van der Waals surface area contributed by atoms with Crippen molar-refractivity contribution >= 4 is 17.9 Å². The lowest BCUT2D eigenvalue weighted by Crippen LogP contribution is -2.46. The molecule has 0 aromatic rings. The molecule has 0 aromatic carbocycles. The quantitative estimate of drug-likeness (QED) is 0.604. The van der Waals surface area contributed by atoms with E-state index in [4.69, 9.17) is 9.84 Å². The van der Waals surface area contributed by atoms with E-state index in [2.05, 4.69) is 10.6 Å². The summed E-state index contributed by atoms with van der Waals surface area (Å²) in [5.41, 5.74) is 0. The van der Waals surface area contributed by atoms with Crippen LogP contribution >= 0.6 is 0 Å². The smallest absolute Gasteiger partial charge is 0.332 e. The Balaban J connectivity index is 2.35. The van der Waals surface area contributed by atoms with Gasteiger partial charge in [0, 0.05) is 20.1 Å². The van der Waals surface area contributed by atoms with Crippen LogP contribution in [0.1, 0.15) is 19.8 Å². The molecule has 1 heterocycles. The molecule has 2 unspecified atom stereocenters. The van der Waals surface area contributed by atoms with E-state index in [1.54, 1.807) is 6.92 Å². The molecule has 3 N–H and O–H groups in total. The number of hydrogen-bond acceptors (Lipinski definition) is 4. The Morgan fingerprint density at radius 2 is 2.05 bits per heavy atom. The van der Waals surface area contributed by atoms with Crippen molar-refractivity contribution in [3.05, 3.63) is 0 Å². The first-order valence-corrected chi connectivity index (χ1v) is 6.59. The Morgan fingerprint density at radius 1 is 1.35 bits per heavy atom. The highest BCUT2D eigenvalue weighted by molar-refractivity contribution is 5.83. The van der Waals surface area contributed by atoms with Crippen LogP contribution < -0.4 is 10.6 Å². The van der Waals surface area contributed by atoms with Crippen LogP contribution in [0.2, 0.25) is 0 Å². The molecule has 3 amide bonds. The molecule has 8 nitrogen and oxygen atoms in total. The second kappa shape index (κ2) is 7.68. The number of ether oxygens (including phenoxy) is 1. The molecule has 0 bridgehead atoms. The normalized spacial score (nSPS) is 21.3. The number of carboxylic acid groups (broad SMARTS) is 1. The van der Waals surface area contributed by atoms with Crippen LogP contribution in [0, 0.1) is 0 Å². The van der Waals surface area contributed by atoms with Crippen molar-refractivity contribution in [1.82, 2.24) is 15.5 Å². The van der Waals surface area contributed by atoms with E-state index in [-0.39, 0.29) is 31.1 Å². The van der Waals surface area contributed by atoms with E-state index >= 15 is 0 Å². The summed E-state index contributed by atoms with van der Waals surface area (Å²) in [7, 11) is 1.51. The summed E-state index contributed by atoms with van der Waals surface area (Å²) >= 11 is 0. The predicted molar refractivity (Wildman–Crippen MR) is 70.2 cm³/mol. The van der Waals surface area contributed by atoms with E-state index in [0.29, 0.717) is 19.4 Å². The van der Waals surface area contributed by atoms with Crippen LogP contribution in [0.25, 0.3) is 0 Å². The lowest BCUT2D eigenvalue weighted by atomic mass is 10.2. The molecule has 0 spiro atoms. The maximum Gasteiger partial charge on any atom is 0.332 e. The molecule has 0 aromatic heterocycles. The standard InChI is InChI=1S/C12H21N3O5/c1-3-15(7-10(16)13-2)12(19)14-6-8-4-5-9(20-8)11(17)18/h8-9H,3-7H2,1-2H3,(H,13,16)(H,14,19)(H,17,18). The van der Waals surface area contributed by atoms with Gasteiger partial charge in [-0.05, 0) is 19.8 Å². The zero-order valence-electron chi connectivity index (χ0n) is 11.7. The van der Waals surface area contributed by atoms with Crippen molar-refractivity contribution in [2.75, 3.05) is 26.7 Å². The number of aliphatic carboxylic acids is 1. The Bertz CT molecular complexity index is 374. The van der Waals surface area contributed by atoms with E-state index in [1.807, 2.05) is 0 Å². The number of likely N-dealkylation sites (N-methyl/N-ethyl adjacent to an activating group) is 2. The van der Waals surface area contributed by atoms with Gasteiger partial charge in [0.05, 0.1) is 6.10 Å². The lowest BCUT2D eigenvalue weighted by molar-refractivity contribution is -0.149. The molecule has 8 heteroatoms. The van der Waals surface area contributed by atoms with Crippen molar-refractivity contribution in [2.24, 2.45) is 0 Å². The zero-order valence-corrected chi connectivity index (χ0v) is 11.7. The Labute approximate surface area is 117 Å². The van der Waals surface area contributed by atoms with Gasteiger partial charge in [-0.25, -0.2) is 9.59 Å². The summed E-state index contributed by atoms with van der Waals surface area (Å²) in [5, 5.41) is 13.9. The molecular formula is C12H21N3O5. The Morgan fingerprint density at radius 3 is 2.55 bits per heavy atom. The van der Waals surface area contributed by atoms with Gasteiger partial charge in [-0.2, -0.15) is 0 Å². The molecule has 1 aliphatic heterocycles. The monoisotopic (exact) mass is 287 g/mol. The van der Waals surface area contributed by atoms with Crippen molar-refractivity contribution < 1.29 is 24.2 Å². The number of amides is 3. The lowest BCUT2D eigenvalue weighted by Gasteiger charge is -2.21. The van der Waals surface area contributed by atoms with Gasteiger partial charge in [0.15, 0.2) is 6.10 Å².